The molecule has 0 aliphatic carbocycles. The number of nitrogens with one attached hydrogen (secondary N) is 1. The zero-order valence-corrected chi connectivity index (χ0v) is 10.4. The van der Waals surface area contributed by atoms with E-state index in [0.717, 1.165) is 5.56 Å². The summed E-state index contributed by atoms with van der Waals surface area (Å²) < 4.78 is 0. The maximum Gasteiger partial charge on any atom is 0.251 e. The van der Waals surface area contributed by atoms with Crippen molar-refractivity contribution >= 4 is 11.6 Å². The van der Waals surface area contributed by atoms with Gasteiger partial charge >= 0.3 is 0 Å². The molecule has 0 bridgehead atoms. The van der Waals surface area contributed by atoms with Crippen molar-refractivity contribution in [2.45, 2.75) is 20.8 Å². The zero-order valence-electron chi connectivity index (χ0n) is 10.4. The van der Waals surface area contributed by atoms with E-state index in [1.165, 1.54) is 0 Å². The molecule has 1 aromatic rings. The van der Waals surface area contributed by atoms with Crippen LogP contribution in [0.3, 0.4) is 0 Å². The van der Waals surface area contributed by atoms with E-state index in [1.54, 1.807) is 39.0 Å². The van der Waals surface area contributed by atoms with Crippen LogP contribution >= 0.6 is 0 Å². The van der Waals surface area contributed by atoms with Gasteiger partial charge in [0, 0.05) is 17.8 Å². The minimum absolute atomic E-state index is 0.196. The summed E-state index contributed by atoms with van der Waals surface area (Å²) >= 11 is 0. The van der Waals surface area contributed by atoms with Gasteiger partial charge in [0.2, 0.25) is 0 Å². The van der Waals surface area contributed by atoms with Crippen LogP contribution in [0, 0.1) is 23.7 Å². The molecule has 1 amide bonds. The molecule has 4 nitrogen and oxygen atoms in total. The quantitative estimate of drug-likeness (QED) is 0.779. The fourth-order valence-electron chi connectivity index (χ4n) is 1.34. The first-order valence-electron chi connectivity index (χ1n) is 5.42. The van der Waals surface area contributed by atoms with Crippen LogP contribution in [-0.4, -0.2) is 12.5 Å². The first kappa shape index (κ1) is 13.0. The molecule has 0 atom stereocenters. The summed E-state index contributed by atoms with van der Waals surface area (Å²) in [6.45, 7) is 5.68. The minimum Gasteiger partial charge on any atom is -0.398 e. The Morgan fingerprint density at radius 3 is 2.76 bits per heavy atom. The Balaban J connectivity index is 2.79. The second kappa shape index (κ2) is 4.88. The first-order chi connectivity index (χ1) is 7.87. The number of hydrogen-bond donors (Lipinski definition) is 2. The van der Waals surface area contributed by atoms with Crippen molar-refractivity contribution in [2.24, 2.45) is 5.41 Å². The van der Waals surface area contributed by atoms with Gasteiger partial charge < -0.3 is 11.1 Å². The van der Waals surface area contributed by atoms with E-state index in [1.807, 2.05) is 0 Å². The van der Waals surface area contributed by atoms with Gasteiger partial charge in [0.25, 0.3) is 5.91 Å². The third-order valence-electron chi connectivity index (χ3n) is 2.61. The SMILES string of the molecule is Cc1c(N)cccc1C(=O)NCC(C)(C)C#N. The summed E-state index contributed by atoms with van der Waals surface area (Å²) in [5.74, 6) is -0.196. The van der Waals surface area contributed by atoms with Crippen molar-refractivity contribution in [1.82, 2.24) is 5.32 Å². The Bertz CT molecular complexity index is 472. The van der Waals surface area contributed by atoms with E-state index in [-0.39, 0.29) is 5.91 Å². The molecule has 0 radical (unpaired) electrons. The van der Waals surface area contributed by atoms with Crippen LogP contribution < -0.4 is 11.1 Å². The lowest BCUT2D eigenvalue weighted by molar-refractivity contribution is 0.0943. The number of hydrogen-bond acceptors (Lipinski definition) is 3. The molecule has 0 aliphatic heterocycles. The molecule has 0 heterocycles. The summed E-state index contributed by atoms with van der Waals surface area (Å²) in [6, 6.07) is 7.36. The van der Waals surface area contributed by atoms with E-state index in [4.69, 9.17) is 11.0 Å². The molecular weight excluding hydrogens is 214 g/mol. The van der Waals surface area contributed by atoms with Gasteiger partial charge in [-0.15, -0.1) is 0 Å². The lowest BCUT2D eigenvalue weighted by atomic mass is 9.95. The summed E-state index contributed by atoms with van der Waals surface area (Å²) in [6.07, 6.45) is 0. The molecule has 17 heavy (non-hydrogen) atoms. The molecule has 0 fully saturated rings. The largest absolute Gasteiger partial charge is 0.398 e. The molecule has 90 valence electrons. The Morgan fingerprint density at radius 2 is 2.18 bits per heavy atom. The van der Waals surface area contributed by atoms with Crippen molar-refractivity contribution in [2.75, 3.05) is 12.3 Å². The number of amides is 1. The van der Waals surface area contributed by atoms with E-state index >= 15 is 0 Å². The summed E-state index contributed by atoms with van der Waals surface area (Å²) in [7, 11) is 0. The van der Waals surface area contributed by atoms with Gasteiger partial charge in [-0.1, -0.05) is 6.07 Å². The van der Waals surface area contributed by atoms with Crippen LogP contribution in [0.25, 0.3) is 0 Å². The second-order valence-electron chi connectivity index (χ2n) is 4.70. The summed E-state index contributed by atoms with van der Waals surface area (Å²) in [4.78, 5) is 11.9. The first-order valence-corrected chi connectivity index (χ1v) is 5.42. The third kappa shape index (κ3) is 3.22. The van der Waals surface area contributed by atoms with Gasteiger partial charge in [-0.2, -0.15) is 5.26 Å². The standard InChI is InChI=1S/C13H17N3O/c1-9-10(5-4-6-11(9)15)12(17)16-8-13(2,3)7-14/h4-6H,8,15H2,1-3H3,(H,16,17). The molecule has 0 aliphatic rings. The molecular formula is C13H17N3O. The lowest BCUT2D eigenvalue weighted by Gasteiger charge is -2.16. The molecule has 0 aromatic heterocycles. The Hall–Kier alpha value is -2.02. The van der Waals surface area contributed by atoms with Crippen molar-refractivity contribution in [3.05, 3.63) is 29.3 Å². The van der Waals surface area contributed by atoms with Gasteiger partial charge in [0.05, 0.1) is 11.5 Å². The van der Waals surface area contributed by atoms with Crippen molar-refractivity contribution in [1.29, 1.82) is 5.26 Å². The molecule has 1 aromatic carbocycles. The molecule has 0 saturated heterocycles. The number of carbonyl (C=O) groups is 1. The number of nitrogens with zero attached hydrogens (tertiary/aromatic N) is 1. The minimum atomic E-state index is -0.566. The van der Waals surface area contributed by atoms with Crippen LogP contribution in [0.15, 0.2) is 18.2 Å². The molecule has 3 N–H and O–H groups in total. The normalized spacial score (nSPS) is 10.7. The van der Waals surface area contributed by atoms with Gasteiger partial charge in [0.1, 0.15) is 0 Å². The van der Waals surface area contributed by atoms with E-state index in [0.29, 0.717) is 17.8 Å². The Kier molecular flexibility index (Phi) is 3.74. The van der Waals surface area contributed by atoms with E-state index in [2.05, 4.69) is 11.4 Å². The van der Waals surface area contributed by atoms with Crippen molar-refractivity contribution in [3.8, 4) is 6.07 Å². The van der Waals surface area contributed by atoms with Crippen LogP contribution in [0.2, 0.25) is 0 Å². The summed E-state index contributed by atoms with van der Waals surface area (Å²) in [5, 5.41) is 11.6. The van der Waals surface area contributed by atoms with Gasteiger partial charge in [0.15, 0.2) is 0 Å². The van der Waals surface area contributed by atoms with E-state index in [9.17, 15) is 4.79 Å². The van der Waals surface area contributed by atoms with E-state index < -0.39 is 5.41 Å². The number of anilines is 1. The number of carbonyl (C=O) groups excluding carboxylic acids is 1. The van der Waals surface area contributed by atoms with Gasteiger partial charge in [-0.3, -0.25) is 4.79 Å². The maximum atomic E-state index is 11.9. The van der Waals surface area contributed by atoms with Gasteiger partial charge in [-0.25, -0.2) is 0 Å². The molecule has 4 heteroatoms. The topological polar surface area (TPSA) is 78.9 Å². The summed E-state index contributed by atoms with van der Waals surface area (Å²) in [5.41, 5.74) is 7.08. The maximum absolute atomic E-state index is 11.9. The number of benzene rings is 1. The predicted molar refractivity (Wildman–Crippen MR) is 67.3 cm³/mol. The molecule has 0 spiro atoms. The molecule has 1 rings (SSSR count). The number of nitrogen functional groups attached to an aromatic ring is 1. The average molecular weight is 231 g/mol. The molecule has 0 unspecified atom stereocenters. The average Bonchev–Trinajstić information content (AvgIpc) is 2.30. The van der Waals surface area contributed by atoms with Crippen LogP contribution in [0.1, 0.15) is 29.8 Å². The fourth-order valence-corrected chi connectivity index (χ4v) is 1.34. The Morgan fingerprint density at radius 1 is 1.53 bits per heavy atom. The van der Waals surface area contributed by atoms with Crippen LogP contribution in [-0.2, 0) is 0 Å². The molecule has 0 saturated carbocycles. The predicted octanol–water partition coefficient (Wildman–Crippen LogP) is 1.86. The van der Waals surface area contributed by atoms with Gasteiger partial charge in [-0.05, 0) is 38.5 Å². The number of nitrogens with two attached hydrogens (primary N) is 1. The highest BCUT2D eigenvalue weighted by atomic mass is 16.1. The second-order valence-corrected chi connectivity index (χ2v) is 4.70. The highest BCUT2D eigenvalue weighted by Crippen LogP contribution is 2.16. The highest BCUT2D eigenvalue weighted by molar-refractivity contribution is 5.96. The highest BCUT2D eigenvalue weighted by Gasteiger charge is 2.19. The van der Waals surface area contributed by atoms with Crippen molar-refractivity contribution in [3.63, 3.8) is 0 Å². The lowest BCUT2D eigenvalue weighted by Crippen LogP contribution is -2.33. The van der Waals surface area contributed by atoms with Crippen LogP contribution in [0.4, 0.5) is 5.69 Å². The van der Waals surface area contributed by atoms with Crippen LogP contribution in [0.5, 0.6) is 0 Å². The zero-order chi connectivity index (χ0) is 13.1. The Labute approximate surface area is 101 Å². The monoisotopic (exact) mass is 231 g/mol. The smallest absolute Gasteiger partial charge is 0.251 e. The number of rotatable bonds is 3. The van der Waals surface area contributed by atoms with Crippen molar-refractivity contribution < 1.29 is 4.79 Å². The fraction of sp³-hybridized carbons (Fsp3) is 0.385. The third-order valence-corrected chi connectivity index (χ3v) is 2.61. The number of nitriles is 1.